The van der Waals surface area contributed by atoms with Crippen LogP contribution in [0, 0.1) is 0 Å². The number of hydrogen-bond donors (Lipinski definition) is 1. The maximum absolute atomic E-state index is 9.57. The van der Waals surface area contributed by atoms with Crippen LogP contribution in [0.3, 0.4) is 0 Å². The summed E-state index contributed by atoms with van der Waals surface area (Å²) in [5, 5.41) is 12.8. The number of fused-ring (bicyclic) bond motifs is 1. The molecule has 2 aromatic rings. The number of ether oxygens (including phenoxy) is 1. The van der Waals surface area contributed by atoms with Crippen molar-refractivity contribution in [3.63, 3.8) is 0 Å². The Balaban J connectivity index is 2.72. The lowest BCUT2D eigenvalue weighted by atomic mass is 10.2. The highest BCUT2D eigenvalue weighted by Gasteiger charge is 2.11. The van der Waals surface area contributed by atoms with Gasteiger partial charge in [0.05, 0.1) is 21.7 Å². The van der Waals surface area contributed by atoms with Crippen LogP contribution in [0.25, 0.3) is 10.1 Å². The van der Waals surface area contributed by atoms with E-state index in [2.05, 4.69) is 0 Å². The van der Waals surface area contributed by atoms with Gasteiger partial charge in [0.15, 0.2) is 0 Å². The number of rotatable bonds is 2. The summed E-state index contributed by atoms with van der Waals surface area (Å²) in [4.78, 5) is 0. The fourth-order valence-electron chi connectivity index (χ4n) is 1.34. The SMILES string of the molecule is CCOc1ccc(O)c2scc(Cl)c12. The fraction of sp³-hybridized carbons (Fsp3) is 0.200. The molecule has 0 atom stereocenters. The molecule has 2 nitrogen and oxygen atoms in total. The van der Waals surface area contributed by atoms with Gasteiger partial charge in [-0.2, -0.15) is 0 Å². The van der Waals surface area contributed by atoms with Crippen molar-refractivity contribution >= 4 is 33.0 Å². The molecule has 14 heavy (non-hydrogen) atoms. The molecular weight excluding hydrogens is 220 g/mol. The minimum absolute atomic E-state index is 0.250. The van der Waals surface area contributed by atoms with E-state index in [0.29, 0.717) is 11.6 Å². The second kappa shape index (κ2) is 3.67. The van der Waals surface area contributed by atoms with Gasteiger partial charge in [-0.3, -0.25) is 0 Å². The summed E-state index contributed by atoms with van der Waals surface area (Å²) >= 11 is 7.42. The zero-order valence-electron chi connectivity index (χ0n) is 7.58. The number of benzene rings is 1. The lowest BCUT2D eigenvalue weighted by molar-refractivity contribution is 0.344. The average Bonchev–Trinajstić information content (AvgIpc) is 2.55. The minimum atomic E-state index is 0.250. The molecule has 0 unspecified atom stereocenters. The number of phenols is 1. The van der Waals surface area contributed by atoms with Crippen LogP contribution in [0.15, 0.2) is 17.5 Å². The molecule has 0 radical (unpaired) electrons. The Labute approximate surface area is 90.7 Å². The van der Waals surface area contributed by atoms with Crippen LogP contribution in [0.5, 0.6) is 11.5 Å². The minimum Gasteiger partial charge on any atom is -0.506 e. The molecule has 1 aromatic carbocycles. The van der Waals surface area contributed by atoms with E-state index in [1.54, 1.807) is 17.5 Å². The molecule has 4 heteroatoms. The Morgan fingerprint density at radius 2 is 2.29 bits per heavy atom. The van der Waals surface area contributed by atoms with Gasteiger partial charge in [-0.25, -0.2) is 0 Å². The quantitative estimate of drug-likeness (QED) is 0.850. The summed E-state index contributed by atoms with van der Waals surface area (Å²) in [6.07, 6.45) is 0. The predicted octanol–water partition coefficient (Wildman–Crippen LogP) is 3.66. The van der Waals surface area contributed by atoms with Crippen molar-refractivity contribution in [3.8, 4) is 11.5 Å². The lowest BCUT2D eigenvalue weighted by Gasteiger charge is -2.05. The van der Waals surface area contributed by atoms with Crippen LogP contribution in [-0.2, 0) is 0 Å². The Kier molecular flexibility index (Phi) is 2.52. The molecule has 0 saturated carbocycles. The van der Waals surface area contributed by atoms with Crippen LogP contribution in [0.1, 0.15) is 6.92 Å². The topological polar surface area (TPSA) is 29.5 Å². The van der Waals surface area contributed by atoms with E-state index < -0.39 is 0 Å². The summed E-state index contributed by atoms with van der Waals surface area (Å²) in [5.41, 5.74) is 0. The van der Waals surface area contributed by atoms with E-state index >= 15 is 0 Å². The molecule has 0 spiro atoms. The zero-order valence-corrected chi connectivity index (χ0v) is 9.15. The van der Waals surface area contributed by atoms with Crippen LogP contribution in [0.2, 0.25) is 5.02 Å². The van der Waals surface area contributed by atoms with E-state index in [-0.39, 0.29) is 5.75 Å². The molecule has 74 valence electrons. The third-order valence-electron chi connectivity index (χ3n) is 1.92. The molecule has 0 aliphatic heterocycles. The predicted molar refractivity (Wildman–Crippen MR) is 59.7 cm³/mol. The van der Waals surface area contributed by atoms with Crippen LogP contribution in [-0.4, -0.2) is 11.7 Å². The van der Waals surface area contributed by atoms with Gasteiger partial charge in [-0.05, 0) is 19.1 Å². The summed E-state index contributed by atoms with van der Waals surface area (Å²) in [5.74, 6) is 0.979. The van der Waals surface area contributed by atoms with Crippen LogP contribution in [0.4, 0.5) is 0 Å². The Bertz CT molecular complexity index is 464. The van der Waals surface area contributed by atoms with E-state index in [9.17, 15) is 5.11 Å². The molecule has 0 aliphatic rings. The smallest absolute Gasteiger partial charge is 0.133 e. The number of thiophene rings is 1. The molecule has 0 aliphatic carbocycles. The van der Waals surface area contributed by atoms with Crippen molar-refractivity contribution in [2.75, 3.05) is 6.61 Å². The summed E-state index contributed by atoms with van der Waals surface area (Å²) in [6, 6.07) is 3.36. The Hall–Kier alpha value is -0.930. The third kappa shape index (κ3) is 1.42. The van der Waals surface area contributed by atoms with Gasteiger partial charge in [0.1, 0.15) is 11.5 Å². The molecule has 0 fully saturated rings. The van der Waals surface area contributed by atoms with Gasteiger partial charge >= 0.3 is 0 Å². The Morgan fingerprint density at radius 1 is 1.50 bits per heavy atom. The molecule has 1 heterocycles. The van der Waals surface area contributed by atoms with E-state index in [0.717, 1.165) is 15.8 Å². The monoisotopic (exact) mass is 228 g/mol. The number of halogens is 1. The molecular formula is C10H9ClO2S. The maximum Gasteiger partial charge on any atom is 0.133 e. The first kappa shape index (κ1) is 9.62. The number of aromatic hydroxyl groups is 1. The van der Waals surface area contributed by atoms with Crippen molar-refractivity contribution in [1.82, 2.24) is 0 Å². The first-order valence-corrected chi connectivity index (χ1v) is 5.51. The van der Waals surface area contributed by atoms with E-state index in [4.69, 9.17) is 16.3 Å². The van der Waals surface area contributed by atoms with Crippen molar-refractivity contribution < 1.29 is 9.84 Å². The zero-order chi connectivity index (χ0) is 10.1. The molecule has 2 rings (SSSR count). The van der Waals surface area contributed by atoms with Gasteiger partial charge in [0.25, 0.3) is 0 Å². The lowest BCUT2D eigenvalue weighted by Crippen LogP contribution is -1.91. The molecule has 1 N–H and O–H groups in total. The fourth-order valence-corrected chi connectivity index (χ4v) is 2.58. The average molecular weight is 229 g/mol. The molecule has 0 bridgehead atoms. The van der Waals surface area contributed by atoms with Gasteiger partial charge < -0.3 is 9.84 Å². The first-order chi connectivity index (χ1) is 6.74. The number of hydrogen-bond acceptors (Lipinski definition) is 3. The van der Waals surface area contributed by atoms with Gasteiger partial charge in [0.2, 0.25) is 0 Å². The second-order valence-corrected chi connectivity index (χ2v) is 4.09. The summed E-state index contributed by atoms with van der Waals surface area (Å²) < 4.78 is 6.20. The van der Waals surface area contributed by atoms with Gasteiger partial charge in [-0.1, -0.05) is 11.6 Å². The molecule has 0 saturated heterocycles. The number of phenolic OH excluding ortho intramolecular Hbond substituents is 1. The van der Waals surface area contributed by atoms with Crippen LogP contribution >= 0.6 is 22.9 Å². The first-order valence-electron chi connectivity index (χ1n) is 4.25. The highest BCUT2D eigenvalue weighted by molar-refractivity contribution is 7.18. The van der Waals surface area contributed by atoms with Crippen molar-refractivity contribution in [2.45, 2.75) is 6.92 Å². The van der Waals surface area contributed by atoms with E-state index in [1.165, 1.54) is 11.3 Å². The van der Waals surface area contributed by atoms with Crippen LogP contribution < -0.4 is 4.74 Å². The highest BCUT2D eigenvalue weighted by Crippen LogP contribution is 2.41. The second-order valence-electron chi connectivity index (χ2n) is 2.80. The van der Waals surface area contributed by atoms with E-state index in [1.807, 2.05) is 6.92 Å². The summed E-state index contributed by atoms with van der Waals surface area (Å²) in [7, 11) is 0. The molecule has 1 aromatic heterocycles. The Morgan fingerprint density at radius 3 is 3.00 bits per heavy atom. The molecule has 0 amide bonds. The van der Waals surface area contributed by atoms with Gasteiger partial charge in [0, 0.05) is 5.38 Å². The standard InChI is InChI=1S/C10H9ClO2S/c1-2-13-8-4-3-7(12)10-9(8)6(11)5-14-10/h3-5,12H,2H2,1H3. The van der Waals surface area contributed by atoms with Crippen molar-refractivity contribution in [1.29, 1.82) is 0 Å². The maximum atomic E-state index is 9.57. The van der Waals surface area contributed by atoms with Crippen molar-refractivity contribution in [3.05, 3.63) is 22.5 Å². The normalized spacial score (nSPS) is 10.7. The largest absolute Gasteiger partial charge is 0.506 e. The van der Waals surface area contributed by atoms with Crippen molar-refractivity contribution in [2.24, 2.45) is 0 Å². The third-order valence-corrected chi connectivity index (χ3v) is 3.35. The summed E-state index contributed by atoms with van der Waals surface area (Å²) in [6.45, 7) is 2.50. The highest BCUT2D eigenvalue weighted by atomic mass is 35.5. The van der Waals surface area contributed by atoms with Gasteiger partial charge in [-0.15, -0.1) is 11.3 Å².